The van der Waals surface area contributed by atoms with Gasteiger partial charge in [0.2, 0.25) is 0 Å². The normalized spacial score (nSPS) is 26.2. The molecule has 0 unspecified atom stereocenters. The molecule has 0 aromatic carbocycles. The van der Waals surface area contributed by atoms with Crippen molar-refractivity contribution in [2.24, 2.45) is 22.1 Å². The molecule has 0 saturated carbocycles. The van der Waals surface area contributed by atoms with Crippen LogP contribution in [0.4, 0.5) is 0 Å². The molecule has 0 aromatic rings. The quantitative estimate of drug-likeness (QED) is 0.369. The molecule has 70 valence electrons. The van der Waals surface area contributed by atoms with Crippen molar-refractivity contribution in [2.45, 2.75) is 0 Å². The average molecular weight is 182 g/mol. The van der Waals surface area contributed by atoms with Gasteiger partial charge in [-0.2, -0.15) is 0 Å². The summed E-state index contributed by atoms with van der Waals surface area (Å²) in [4.78, 5) is 5.36. The van der Waals surface area contributed by atoms with Crippen LogP contribution in [0.5, 0.6) is 0 Å². The van der Waals surface area contributed by atoms with Gasteiger partial charge in [-0.05, 0) is 22.9 Å². The molecule has 1 aliphatic heterocycles. The van der Waals surface area contributed by atoms with Gasteiger partial charge in [-0.1, -0.05) is 10.2 Å². The topological polar surface area (TPSA) is 107 Å². The summed E-state index contributed by atoms with van der Waals surface area (Å²) in [5.41, 5.74) is 16.2. The molecule has 0 aliphatic carbocycles. The summed E-state index contributed by atoms with van der Waals surface area (Å²) in [5, 5.41) is 6.96. The summed E-state index contributed by atoms with van der Waals surface area (Å²) in [6.07, 6.45) is 0. The Labute approximate surface area is 74.9 Å². The van der Waals surface area contributed by atoms with Crippen molar-refractivity contribution in [3.05, 3.63) is 20.9 Å². The Morgan fingerprint density at radius 2 is 1.54 bits per heavy atom. The van der Waals surface area contributed by atoms with E-state index < -0.39 is 0 Å². The Hall–Kier alpha value is -1.42. The highest BCUT2D eigenvalue weighted by molar-refractivity contribution is 4.78. The largest absolute Gasteiger partial charge is 0.381 e. The number of nitrogens with zero attached hydrogens (tertiary/aromatic N) is 6. The zero-order valence-corrected chi connectivity index (χ0v) is 7.07. The van der Waals surface area contributed by atoms with Crippen molar-refractivity contribution in [3.8, 4) is 0 Å². The molecule has 0 spiro atoms. The molecule has 7 heteroatoms. The highest BCUT2D eigenvalue weighted by Crippen LogP contribution is 2.21. The molecule has 2 atom stereocenters. The third-order valence-electron chi connectivity index (χ3n) is 2.09. The zero-order chi connectivity index (χ0) is 9.52. The summed E-state index contributed by atoms with van der Waals surface area (Å²) < 4.78 is 5.20. The van der Waals surface area contributed by atoms with Crippen molar-refractivity contribution in [2.75, 3.05) is 26.3 Å². The lowest BCUT2D eigenvalue weighted by molar-refractivity contribution is 0.181. The second-order valence-electron chi connectivity index (χ2n) is 2.88. The van der Waals surface area contributed by atoms with E-state index in [0.717, 1.165) is 0 Å². The predicted molar refractivity (Wildman–Crippen MR) is 45.8 cm³/mol. The molecule has 1 saturated heterocycles. The van der Waals surface area contributed by atoms with E-state index in [-0.39, 0.29) is 11.8 Å². The van der Waals surface area contributed by atoms with E-state index in [4.69, 9.17) is 15.8 Å². The lowest BCUT2D eigenvalue weighted by Crippen LogP contribution is -2.17. The number of ether oxygens (including phenoxy) is 1. The summed E-state index contributed by atoms with van der Waals surface area (Å²) in [7, 11) is 0. The minimum Gasteiger partial charge on any atom is -0.381 e. The third kappa shape index (κ3) is 2.83. The SMILES string of the molecule is [N-]=[N+]=NC[C@@H]1COC[C@@H]1CN=[N+]=[N-]. The van der Waals surface area contributed by atoms with Gasteiger partial charge in [-0.3, -0.25) is 0 Å². The maximum Gasteiger partial charge on any atom is 0.0499 e. The molecule has 1 aliphatic rings. The summed E-state index contributed by atoms with van der Waals surface area (Å²) >= 11 is 0. The van der Waals surface area contributed by atoms with E-state index in [1.165, 1.54) is 0 Å². The molecule has 13 heavy (non-hydrogen) atoms. The second-order valence-corrected chi connectivity index (χ2v) is 2.88. The Kier molecular flexibility index (Phi) is 3.92. The Bertz CT molecular complexity index is 228. The van der Waals surface area contributed by atoms with E-state index in [1.807, 2.05) is 0 Å². The molecule has 0 bridgehead atoms. The first-order chi connectivity index (χ1) is 6.38. The maximum absolute atomic E-state index is 8.12. The van der Waals surface area contributed by atoms with Gasteiger partial charge in [-0.25, -0.2) is 0 Å². The van der Waals surface area contributed by atoms with Gasteiger partial charge < -0.3 is 4.74 Å². The summed E-state index contributed by atoms with van der Waals surface area (Å²) in [5.74, 6) is 0.391. The van der Waals surface area contributed by atoms with Gasteiger partial charge in [0, 0.05) is 36.1 Å². The minimum absolute atomic E-state index is 0.196. The molecule has 0 amide bonds. The van der Waals surface area contributed by atoms with Crippen LogP contribution < -0.4 is 0 Å². The average Bonchev–Trinajstić information content (AvgIpc) is 2.59. The highest BCUT2D eigenvalue weighted by Gasteiger charge is 2.26. The number of azide groups is 2. The molecule has 0 N–H and O–H groups in total. The van der Waals surface area contributed by atoms with Crippen LogP contribution in [0.15, 0.2) is 10.2 Å². The standard InChI is InChI=1S/C6H10N6O/c7-11-9-1-5-3-13-4-6(5)2-10-12-8/h5-6H,1-4H2/t5-,6+. The van der Waals surface area contributed by atoms with Crippen LogP contribution in [-0.4, -0.2) is 26.3 Å². The minimum atomic E-state index is 0.196. The molecule has 7 nitrogen and oxygen atoms in total. The lowest BCUT2D eigenvalue weighted by Gasteiger charge is -2.11. The van der Waals surface area contributed by atoms with Crippen LogP contribution in [0, 0.1) is 11.8 Å². The van der Waals surface area contributed by atoms with E-state index >= 15 is 0 Å². The van der Waals surface area contributed by atoms with Gasteiger partial charge in [0.25, 0.3) is 0 Å². The summed E-state index contributed by atoms with van der Waals surface area (Å²) in [6.45, 7) is 2.01. The van der Waals surface area contributed by atoms with Gasteiger partial charge in [0.15, 0.2) is 0 Å². The number of hydrogen-bond donors (Lipinski definition) is 0. The van der Waals surface area contributed by atoms with E-state index in [2.05, 4.69) is 20.1 Å². The van der Waals surface area contributed by atoms with Crippen molar-refractivity contribution in [3.63, 3.8) is 0 Å². The predicted octanol–water partition coefficient (Wildman–Crippen LogP) is 1.87. The second kappa shape index (κ2) is 5.27. The first-order valence-electron chi connectivity index (χ1n) is 3.98. The number of rotatable bonds is 4. The molecule has 1 rings (SSSR count). The van der Waals surface area contributed by atoms with Crippen LogP contribution in [0.1, 0.15) is 0 Å². The lowest BCUT2D eigenvalue weighted by atomic mass is 9.97. The zero-order valence-electron chi connectivity index (χ0n) is 7.07. The highest BCUT2D eigenvalue weighted by atomic mass is 16.5. The molecular weight excluding hydrogens is 172 g/mol. The molecule has 1 fully saturated rings. The van der Waals surface area contributed by atoms with E-state index in [9.17, 15) is 0 Å². The summed E-state index contributed by atoms with van der Waals surface area (Å²) in [6, 6.07) is 0. The van der Waals surface area contributed by atoms with E-state index in [0.29, 0.717) is 26.3 Å². The first-order valence-corrected chi connectivity index (χ1v) is 3.98. The van der Waals surface area contributed by atoms with Crippen molar-refractivity contribution >= 4 is 0 Å². The Morgan fingerprint density at radius 3 is 1.92 bits per heavy atom. The van der Waals surface area contributed by atoms with Gasteiger partial charge >= 0.3 is 0 Å². The van der Waals surface area contributed by atoms with Crippen molar-refractivity contribution in [1.82, 2.24) is 0 Å². The molecule has 0 aromatic heterocycles. The van der Waals surface area contributed by atoms with Crippen LogP contribution in [-0.2, 0) is 4.74 Å². The van der Waals surface area contributed by atoms with Crippen LogP contribution >= 0.6 is 0 Å². The van der Waals surface area contributed by atoms with E-state index in [1.54, 1.807) is 0 Å². The fraction of sp³-hybridized carbons (Fsp3) is 1.00. The van der Waals surface area contributed by atoms with Gasteiger partial charge in [0.05, 0.1) is 0 Å². The Balaban J connectivity index is 2.42. The smallest absolute Gasteiger partial charge is 0.0499 e. The first kappa shape index (κ1) is 9.67. The van der Waals surface area contributed by atoms with Gasteiger partial charge in [0.1, 0.15) is 0 Å². The van der Waals surface area contributed by atoms with Crippen LogP contribution in [0.2, 0.25) is 0 Å². The van der Waals surface area contributed by atoms with Crippen LogP contribution in [0.25, 0.3) is 20.9 Å². The molecular formula is C6H10N6O. The Morgan fingerprint density at radius 1 is 1.08 bits per heavy atom. The fourth-order valence-electron chi connectivity index (χ4n) is 1.33. The molecule has 1 heterocycles. The maximum atomic E-state index is 8.12. The molecule has 0 radical (unpaired) electrons. The van der Waals surface area contributed by atoms with Crippen molar-refractivity contribution < 1.29 is 4.74 Å². The van der Waals surface area contributed by atoms with Gasteiger partial charge in [-0.15, -0.1) is 0 Å². The van der Waals surface area contributed by atoms with Crippen molar-refractivity contribution in [1.29, 1.82) is 0 Å². The monoisotopic (exact) mass is 182 g/mol. The number of hydrogen-bond acceptors (Lipinski definition) is 3. The van der Waals surface area contributed by atoms with Crippen LogP contribution in [0.3, 0.4) is 0 Å². The fourth-order valence-corrected chi connectivity index (χ4v) is 1.33. The third-order valence-corrected chi connectivity index (χ3v) is 2.09.